The minimum absolute atomic E-state index is 0.201. The molecule has 4 heteroatoms. The number of amides is 1. The topological polar surface area (TPSA) is 50.4 Å². The van der Waals surface area contributed by atoms with Gasteiger partial charge in [-0.25, -0.2) is 4.79 Å². The summed E-state index contributed by atoms with van der Waals surface area (Å²) < 4.78 is 5.50. The first kappa shape index (κ1) is 22.1. The van der Waals surface area contributed by atoms with E-state index in [2.05, 4.69) is 66.1 Å². The van der Waals surface area contributed by atoms with Crippen molar-refractivity contribution in [2.75, 3.05) is 13.6 Å². The quantitative estimate of drug-likeness (QED) is 0.509. The van der Waals surface area contributed by atoms with Crippen molar-refractivity contribution in [2.24, 2.45) is 0 Å². The van der Waals surface area contributed by atoms with Gasteiger partial charge in [0.05, 0.1) is 0 Å². The van der Waals surface area contributed by atoms with Crippen LogP contribution in [0.4, 0.5) is 4.79 Å². The van der Waals surface area contributed by atoms with Gasteiger partial charge >= 0.3 is 6.09 Å². The molecule has 0 aliphatic heterocycles. The molecule has 2 N–H and O–H groups in total. The largest absolute Gasteiger partial charge is 0.412 e. The van der Waals surface area contributed by atoms with Crippen molar-refractivity contribution in [3.05, 3.63) is 94.6 Å². The van der Waals surface area contributed by atoms with Gasteiger partial charge in [-0.1, -0.05) is 66.3 Å². The molecule has 32 heavy (non-hydrogen) atoms. The Balaban J connectivity index is 1.35. The first-order valence-corrected chi connectivity index (χ1v) is 11.5. The Morgan fingerprint density at radius 3 is 2.88 bits per heavy atom. The predicted octanol–water partition coefficient (Wildman–Crippen LogP) is 6.29. The number of allylic oxidation sites excluding steroid dienone is 5. The van der Waals surface area contributed by atoms with Crippen LogP contribution in [-0.4, -0.2) is 19.7 Å². The van der Waals surface area contributed by atoms with Gasteiger partial charge < -0.3 is 15.4 Å². The molecular weight excluding hydrogens is 396 g/mol. The minimum Gasteiger partial charge on any atom is -0.410 e. The van der Waals surface area contributed by atoms with Crippen LogP contribution in [-0.2, 0) is 0 Å². The Hall–Kier alpha value is -3.11. The van der Waals surface area contributed by atoms with Gasteiger partial charge in [-0.15, -0.1) is 0 Å². The molecule has 0 bridgehead atoms. The molecule has 0 saturated carbocycles. The van der Waals surface area contributed by atoms with Crippen LogP contribution in [0.15, 0.2) is 77.9 Å². The first-order valence-electron chi connectivity index (χ1n) is 11.5. The summed E-state index contributed by atoms with van der Waals surface area (Å²) in [5.41, 5.74) is 6.64. The van der Waals surface area contributed by atoms with Crippen molar-refractivity contribution < 1.29 is 9.53 Å². The molecule has 4 nitrogen and oxygen atoms in total. The number of nitrogens with one attached hydrogen (secondary N) is 2. The number of carbonyl (C=O) groups excluding carboxylic acids is 1. The van der Waals surface area contributed by atoms with E-state index in [1.165, 1.54) is 22.3 Å². The fourth-order valence-corrected chi connectivity index (χ4v) is 4.57. The van der Waals surface area contributed by atoms with E-state index in [-0.39, 0.29) is 6.04 Å². The van der Waals surface area contributed by atoms with Crippen molar-refractivity contribution in [1.82, 2.24) is 10.6 Å². The van der Waals surface area contributed by atoms with Crippen molar-refractivity contribution in [1.29, 1.82) is 0 Å². The second kappa shape index (κ2) is 10.5. The third-order valence-corrected chi connectivity index (χ3v) is 6.42. The average molecular weight is 429 g/mol. The number of hydrogen-bond donors (Lipinski definition) is 2. The van der Waals surface area contributed by atoms with E-state index in [0.717, 1.165) is 31.2 Å². The highest BCUT2D eigenvalue weighted by atomic mass is 16.6. The van der Waals surface area contributed by atoms with E-state index in [1.54, 1.807) is 0 Å². The molecule has 0 spiro atoms. The Bertz CT molecular complexity index is 1050. The van der Waals surface area contributed by atoms with Gasteiger partial charge in [-0.05, 0) is 74.1 Å². The Morgan fingerprint density at radius 2 is 2.00 bits per heavy atom. The van der Waals surface area contributed by atoms with E-state index in [9.17, 15) is 4.79 Å². The van der Waals surface area contributed by atoms with Crippen LogP contribution in [0.3, 0.4) is 0 Å². The van der Waals surface area contributed by atoms with Crippen LogP contribution in [0.5, 0.6) is 5.75 Å². The molecule has 2 aromatic carbocycles. The maximum absolute atomic E-state index is 12.3. The Kier molecular flexibility index (Phi) is 7.23. The standard InChI is InChI=1S/C28H32N2O2/c1-20(29-2)23-11-7-12-24(19-23)32-28(31)30-18-8-15-27-25-13-5-3-9-21(25)16-17-22-10-4-6-14-26(22)27/h3-5,7,9-13,16-17,19-20,27,29H,6,8,14-15,18H2,1-2H3,(H,30,31)/t20-,27?/m0/s1. The van der Waals surface area contributed by atoms with Crippen LogP contribution in [0.25, 0.3) is 6.08 Å². The summed E-state index contributed by atoms with van der Waals surface area (Å²) in [6.07, 6.45) is 12.7. The normalized spacial score (nSPS) is 17.9. The summed E-state index contributed by atoms with van der Waals surface area (Å²) >= 11 is 0. The van der Waals surface area contributed by atoms with E-state index >= 15 is 0 Å². The highest BCUT2D eigenvalue weighted by Gasteiger charge is 2.23. The minimum atomic E-state index is -0.400. The summed E-state index contributed by atoms with van der Waals surface area (Å²) in [5, 5.41) is 6.12. The average Bonchev–Trinajstić information content (AvgIpc) is 2.98. The van der Waals surface area contributed by atoms with Gasteiger partial charge in [0.1, 0.15) is 5.75 Å². The summed E-state index contributed by atoms with van der Waals surface area (Å²) in [4.78, 5) is 12.3. The van der Waals surface area contributed by atoms with E-state index in [1.807, 2.05) is 31.3 Å². The molecule has 0 aromatic heterocycles. The number of benzene rings is 2. The maximum atomic E-state index is 12.3. The summed E-state index contributed by atoms with van der Waals surface area (Å²) in [6.45, 7) is 2.67. The zero-order valence-corrected chi connectivity index (χ0v) is 18.9. The van der Waals surface area contributed by atoms with Gasteiger partial charge in [0.2, 0.25) is 0 Å². The fourth-order valence-electron chi connectivity index (χ4n) is 4.57. The highest BCUT2D eigenvalue weighted by Crippen LogP contribution is 2.40. The van der Waals surface area contributed by atoms with Crippen LogP contribution < -0.4 is 15.4 Å². The van der Waals surface area contributed by atoms with Crippen LogP contribution in [0.1, 0.15) is 61.3 Å². The number of ether oxygens (including phenoxy) is 1. The lowest BCUT2D eigenvalue weighted by Gasteiger charge is -2.24. The lowest BCUT2D eigenvalue weighted by atomic mass is 9.80. The summed E-state index contributed by atoms with van der Waals surface area (Å²) in [7, 11) is 1.91. The van der Waals surface area contributed by atoms with Gasteiger partial charge in [-0.2, -0.15) is 0 Å². The third kappa shape index (κ3) is 5.20. The smallest absolute Gasteiger partial charge is 0.410 e. The number of carbonyl (C=O) groups is 1. The first-order chi connectivity index (χ1) is 15.7. The molecule has 2 aliphatic carbocycles. The maximum Gasteiger partial charge on any atom is 0.412 e. The van der Waals surface area contributed by atoms with Crippen molar-refractivity contribution >= 4 is 12.2 Å². The second-order valence-electron chi connectivity index (χ2n) is 8.48. The highest BCUT2D eigenvalue weighted by molar-refractivity contribution is 5.70. The lowest BCUT2D eigenvalue weighted by molar-refractivity contribution is 0.200. The van der Waals surface area contributed by atoms with E-state index < -0.39 is 6.09 Å². The Morgan fingerprint density at radius 1 is 1.12 bits per heavy atom. The van der Waals surface area contributed by atoms with E-state index in [0.29, 0.717) is 18.2 Å². The predicted molar refractivity (Wildman–Crippen MR) is 131 cm³/mol. The molecule has 2 aromatic rings. The zero-order chi connectivity index (χ0) is 22.3. The zero-order valence-electron chi connectivity index (χ0n) is 18.9. The molecule has 0 saturated heterocycles. The van der Waals surface area contributed by atoms with Crippen molar-refractivity contribution in [2.45, 2.75) is 44.6 Å². The van der Waals surface area contributed by atoms with Gasteiger partial charge in [0.15, 0.2) is 0 Å². The summed E-state index contributed by atoms with van der Waals surface area (Å²) in [6, 6.07) is 16.5. The molecular formula is C28H32N2O2. The second-order valence-corrected chi connectivity index (χ2v) is 8.48. The molecule has 4 rings (SSSR count). The SMILES string of the molecule is CN[C@@H](C)c1cccc(OC(=O)NCCCC2C3=C(C=CCC3)C=Cc3ccccc32)c1. The van der Waals surface area contributed by atoms with Gasteiger partial charge in [-0.3, -0.25) is 0 Å². The monoisotopic (exact) mass is 428 g/mol. The number of fused-ring (bicyclic) bond motifs is 1. The Labute approximate surface area is 191 Å². The van der Waals surface area contributed by atoms with E-state index in [4.69, 9.17) is 4.74 Å². The molecule has 166 valence electrons. The fraction of sp³-hybridized carbons (Fsp3) is 0.321. The lowest BCUT2D eigenvalue weighted by Crippen LogP contribution is -2.28. The third-order valence-electron chi connectivity index (χ3n) is 6.42. The van der Waals surface area contributed by atoms with Crippen LogP contribution >= 0.6 is 0 Å². The molecule has 1 amide bonds. The molecule has 0 radical (unpaired) electrons. The molecule has 0 fully saturated rings. The number of rotatable bonds is 7. The molecule has 2 aliphatic rings. The van der Waals surface area contributed by atoms with Gasteiger partial charge in [0.25, 0.3) is 0 Å². The van der Waals surface area contributed by atoms with Crippen LogP contribution in [0.2, 0.25) is 0 Å². The van der Waals surface area contributed by atoms with Crippen molar-refractivity contribution in [3.63, 3.8) is 0 Å². The van der Waals surface area contributed by atoms with Gasteiger partial charge in [0, 0.05) is 18.5 Å². The molecule has 0 heterocycles. The molecule has 2 atom stereocenters. The number of hydrogen-bond acceptors (Lipinski definition) is 3. The van der Waals surface area contributed by atoms with Crippen LogP contribution in [0, 0.1) is 0 Å². The summed E-state index contributed by atoms with van der Waals surface area (Å²) in [5.74, 6) is 0.952. The molecule has 1 unspecified atom stereocenters. The van der Waals surface area contributed by atoms with Crippen molar-refractivity contribution in [3.8, 4) is 5.75 Å².